The van der Waals surface area contributed by atoms with Crippen molar-refractivity contribution in [2.75, 3.05) is 49.1 Å². The Balaban J connectivity index is 1.71. The minimum Gasteiger partial charge on any atom is -0.356 e. The van der Waals surface area contributed by atoms with Crippen LogP contribution in [0.3, 0.4) is 0 Å². The first-order chi connectivity index (χ1) is 9.64. The van der Waals surface area contributed by atoms with Crippen LogP contribution < -0.4 is 15.1 Å². The first kappa shape index (κ1) is 13.5. The average Bonchev–Trinajstić information content (AvgIpc) is 2.48. The molecule has 3 rings (SSSR count). The number of rotatable bonds is 2. The number of aromatic nitrogens is 2. The topological polar surface area (TPSA) is 44.3 Å². The van der Waals surface area contributed by atoms with Gasteiger partial charge in [-0.15, -0.1) is 0 Å². The highest BCUT2D eigenvalue weighted by Gasteiger charge is 2.34. The van der Waals surface area contributed by atoms with Crippen LogP contribution in [0.1, 0.15) is 12.8 Å². The third-order valence-corrected chi connectivity index (χ3v) is 3.90. The van der Waals surface area contributed by atoms with Crippen LogP contribution in [-0.2, 0) is 0 Å². The van der Waals surface area contributed by atoms with E-state index >= 15 is 0 Å². The highest BCUT2D eigenvalue weighted by atomic mass is 19.3. The van der Waals surface area contributed by atoms with Gasteiger partial charge in [0.15, 0.2) is 0 Å². The Morgan fingerprint density at radius 1 is 0.950 bits per heavy atom. The zero-order valence-corrected chi connectivity index (χ0v) is 11.4. The van der Waals surface area contributed by atoms with Crippen molar-refractivity contribution in [2.24, 2.45) is 0 Å². The predicted octanol–water partition coefficient (Wildman–Crippen LogP) is 1.12. The average molecular weight is 283 g/mol. The summed E-state index contributed by atoms with van der Waals surface area (Å²) in [5, 5.41) is 3.29. The van der Waals surface area contributed by atoms with Gasteiger partial charge in [-0.3, -0.25) is 0 Å². The fraction of sp³-hybridized carbons (Fsp3) is 0.692. The van der Waals surface area contributed by atoms with E-state index in [9.17, 15) is 8.78 Å². The molecule has 3 heterocycles. The summed E-state index contributed by atoms with van der Waals surface area (Å²) < 4.78 is 26.4. The Morgan fingerprint density at radius 2 is 1.50 bits per heavy atom. The predicted molar refractivity (Wildman–Crippen MR) is 73.5 cm³/mol. The molecule has 2 saturated heterocycles. The molecule has 0 saturated carbocycles. The Kier molecular flexibility index (Phi) is 3.69. The standard InChI is InChI=1S/C13H19F2N5/c14-13(15)1-5-19(6-2-13)11-9-12(18-10-17-11)20-7-3-16-4-8-20/h9-10,16H,1-8H2. The Labute approximate surface area is 117 Å². The van der Waals surface area contributed by atoms with E-state index in [-0.39, 0.29) is 12.8 Å². The third-order valence-electron chi connectivity index (χ3n) is 3.90. The Hall–Kier alpha value is -1.50. The molecule has 2 aliphatic heterocycles. The molecule has 1 aromatic heterocycles. The molecule has 7 heteroatoms. The third kappa shape index (κ3) is 2.98. The van der Waals surface area contributed by atoms with E-state index in [2.05, 4.69) is 20.2 Å². The summed E-state index contributed by atoms with van der Waals surface area (Å²) in [4.78, 5) is 12.6. The van der Waals surface area contributed by atoms with Gasteiger partial charge in [-0.05, 0) is 0 Å². The molecule has 0 aromatic carbocycles. The van der Waals surface area contributed by atoms with Crippen LogP contribution in [0.15, 0.2) is 12.4 Å². The van der Waals surface area contributed by atoms with Gasteiger partial charge >= 0.3 is 0 Å². The number of hydrogen-bond acceptors (Lipinski definition) is 5. The molecule has 0 amide bonds. The maximum absolute atomic E-state index is 13.2. The quantitative estimate of drug-likeness (QED) is 0.881. The van der Waals surface area contributed by atoms with Crippen molar-refractivity contribution in [3.8, 4) is 0 Å². The SMILES string of the molecule is FC1(F)CCN(c2cc(N3CCNCC3)ncn2)CC1. The molecule has 20 heavy (non-hydrogen) atoms. The lowest BCUT2D eigenvalue weighted by Crippen LogP contribution is -2.44. The van der Waals surface area contributed by atoms with Gasteiger partial charge in [0.25, 0.3) is 5.92 Å². The minimum absolute atomic E-state index is 0.0973. The second kappa shape index (κ2) is 5.47. The van der Waals surface area contributed by atoms with Crippen molar-refractivity contribution in [2.45, 2.75) is 18.8 Å². The molecular formula is C13H19F2N5. The fourth-order valence-electron chi connectivity index (χ4n) is 2.64. The van der Waals surface area contributed by atoms with Gasteiger partial charge in [0, 0.05) is 58.2 Å². The maximum atomic E-state index is 13.2. The Morgan fingerprint density at radius 3 is 2.10 bits per heavy atom. The first-order valence-electron chi connectivity index (χ1n) is 7.05. The van der Waals surface area contributed by atoms with Crippen LogP contribution in [0, 0.1) is 0 Å². The molecule has 1 N–H and O–H groups in total. The summed E-state index contributed by atoms with van der Waals surface area (Å²) in [5.41, 5.74) is 0. The van der Waals surface area contributed by atoms with Gasteiger partial charge in [-0.1, -0.05) is 0 Å². The molecule has 2 fully saturated rings. The van der Waals surface area contributed by atoms with Gasteiger partial charge in [-0.25, -0.2) is 18.7 Å². The summed E-state index contributed by atoms with van der Waals surface area (Å²) in [6.45, 7) is 4.41. The van der Waals surface area contributed by atoms with Crippen LogP contribution in [-0.4, -0.2) is 55.2 Å². The molecule has 110 valence electrons. The van der Waals surface area contributed by atoms with Crippen molar-refractivity contribution in [3.05, 3.63) is 12.4 Å². The largest absolute Gasteiger partial charge is 0.356 e. The van der Waals surface area contributed by atoms with Gasteiger partial charge < -0.3 is 15.1 Å². The number of halogens is 2. The van der Waals surface area contributed by atoms with Crippen molar-refractivity contribution in [3.63, 3.8) is 0 Å². The molecule has 1 aromatic rings. The zero-order valence-electron chi connectivity index (χ0n) is 11.4. The highest BCUT2D eigenvalue weighted by Crippen LogP contribution is 2.30. The number of nitrogens with one attached hydrogen (secondary N) is 1. The normalized spacial score (nSPS) is 22.9. The lowest BCUT2D eigenvalue weighted by molar-refractivity contribution is -0.0221. The summed E-state index contributed by atoms with van der Waals surface area (Å²) >= 11 is 0. The monoisotopic (exact) mass is 283 g/mol. The lowest BCUT2D eigenvalue weighted by atomic mass is 10.1. The van der Waals surface area contributed by atoms with Crippen LogP contribution in [0.2, 0.25) is 0 Å². The summed E-state index contributed by atoms with van der Waals surface area (Å²) in [5.74, 6) is -0.886. The fourth-order valence-corrected chi connectivity index (χ4v) is 2.64. The van der Waals surface area contributed by atoms with Crippen LogP contribution >= 0.6 is 0 Å². The van der Waals surface area contributed by atoms with Crippen molar-refractivity contribution in [1.82, 2.24) is 15.3 Å². The molecule has 0 spiro atoms. The number of hydrogen-bond donors (Lipinski definition) is 1. The molecule has 0 unspecified atom stereocenters. The number of anilines is 2. The summed E-state index contributed by atoms with van der Waals surface area (Å²) in [6, 6.07) is 1.91. The van der Waals surface area contributed by atoms with E-state index in [0.717, 1.165) is 37.8 Å². The lowest BCUT2D eigenvalue weighted by Gasteiger charge is -2.33. The number of alkyl halides is 2. The van der Waals surface area contributed by atoms with Crippen LogP contribution in [0.25, 0.3) is 0 Å². The van der Waals surface area contributed by atoms with E-state index in [4.69, 9.17) is 0 Å². The second-order valence-corrected chi connectivity index (χ2v) is 5.31. The van der Waals surface area contributed by atoms with Crippen molar-refractivity contribution >= 4 is 11.6 Å². The Bertz CT molecular complexity index is 452. The number of nitrogens with zero attached hydrogens (tertiary/aromatic N) is 4. The number of piperidine rings is 1. The highest BCUT2D eigenvalue weighted by molar-refractivity contribution is 5.50. The molecule has 0 atom stereocenters. The summed E-state index contributed by atoms with van der Waals surface area (Å²) in [6.07, 6.45) is 1.33. The van der Waals surface area contributed by atoms with E-state index in [1.165, 1.54) is 6.33 Å². The van der Waals surface area contributed by atoms with E-state index in [1.807, 2.05) is 11.0 Å². The van der Waals surface area contributed by atoms with E-state index < -0.39 is 5.92 Å². The van der Waals surface area contributed by atoms with Gasteiger partial charge in [-0.2, -0.15) is 0 Å². The van der Waals surface area contributed by atoms with E-state index in [1.54, 1.807) is 0 Å². The second-order valence-electron chi connectivity index (χ2n) is 5.31. The molecule has 0 aliphatic carbocycles. The zero-order chi connectivity index (χ0) is 14.0. The van der Waals surface area contributed by atoms with Gasteiger partial charge in [0.05, 0.1) is 0 Å². The molecule has 5 nitrogen and oxygen atoms in total. The molecule has 2 aliphatic rings. The molecule has 0 bridgehead atoms. The van der Waals surface area contributed by atoms with Gasteiger partial charge in [0.2, 0.25) is 0 Å². The first-order valence-corrected chi connectivity index (χ1v) is 7.05. The minimum atomic E-state index is -2.52. The van der Waals surface area contributed by atoms with Crippen LogP contribution in [0.4, 0.5) is 20.4 Å². The van der Waals surface area contributed by atoms with Gasteiger partial charge in [0.1, 0.15) is 18.0 Å². The van der Waals surface area contributed by atoms with Crippen molar-refractivity contribution < 1.29 is 8.78 Å². The van der Waals surface area contributed by atoms with Crippen LogP contribution in [0.5, 0.6) is 0 Å². The molecular weight excluding hydrogens is 264 g/mol. The maximum Gasteiger partial charge on any atom is 0.251 e. The van der Waals surface area contributed by atoms with E-state index in [0.29, 0.717) is 13.1 Å². The summed E-state index contributed by atoms with van der Waals surface area (Å²) in [7, 11) is 0. The number of piperazine rings is 1. The smallest absolute Gasteiger partial charge is 0.251 e. The van der Waals surface area contributed by atoms with Crippen molar-refractivity contribution in [1.29, 1.82) is 0 Å². The molecule has 0 radical (unpaired) electrons.